The molecule has 0 saturated carbocycles. The Balaban J connectivity index is 1.43. The number of thioether (sulfide) groups is 1. The number of carbonyl (C=O) groups is 2. The van der Waals surface area contributed by atoms with E-state index in [0.717, 1.165) is 16.7 Å². The van der Waals surface area contributed by atoms with Gasteiger partial charge in [0.15, 0.2) is 0 Å². The smallest absolute Gasteiger partial charge is 0.251 e. The van der Waals surface area contributed by atoms with Gasteiger partial charge in [0.2, 0.25) is 5.91 Å². The van der Waals surface area contributed by atoms with E-state index in [4.69, 9.17) is 0 Å². The first kappa shape index (κ1) is 21.1. The minimum atomic E-state index is -0.303. The Morgan fingerprint density at radius 1 is 1.06 bits per heavy atom. The van der Waals surface area contributed by atoms with Gasteiger partial charge >= 0.3 is 0 Å². The monoisotopic (exact) mass is 434 g/mol. The van der Waals surface area contributed by atoms with Gasteiger partial charge in [-0.25, -0.2) is 4.39 Å². The second kappa shape index (κ2) is 9.35. The Kier molecular flexibility index (Phi) is 6.37. The average molecular weight is 435 g/mol. The lowest BCUT2D eigenvalue weighted by atomic mass is 10.1. The number of benzene rings is 3. The largest absolute Gasteiger partial charge is 0.346 e. The summed E-state index contributed by atoms with van der Waals surface area (Å²) in [4.78, 5) is 26.9. The molecule has 2 amide bonds. The highest BCUT2D eigenvalue weighted by Gasteiger charge is 2.32. The molecule has 1 saturated heterocycles. The number of hydrogen-bond donors (Lipinski definition) is 1. The first-order chi connectivity index (χ1) is 15.0. The van der Waals surface area contributed by atoms with Crippen molar-refractivity contribution in [3.63, 3.8) is 0 Å². The third-order valence-electron chi connectivity index (χ3n) is 5.34. The quantitative estimate of drug-likeness (QED) is 0.588. The molecule has 1 aliphatic rings. The van der Waals surface area contributed by atoms with Crippen LogP contribution in [-0.2, 0) is 11.3 Å². The van der Waals surface area contributed by atoms with E-state index in [0.29, 0.717) is 17.9 Å². The fourth-order valence-corrected chi connectivity index (χ4v) is 4.78. The summed E-state index contributed by atoms with van der Waals surface area (Å²) in [7, 11) is 0. The Bertz CT molecular complexity index is 1060. The van der Waals surface area contributed by atoms with Crippen LogP contribution >= 0.6 is 11.8 Å². The number of nitrogens with zero attached hydrogens (tertiary/aromatic N) is 1. The zero-order valence-electron chi connectivity index (χ0n) is 17.1. The molecule has 158 valence electrons. The van der Waals surface area contributed by atoms with E-state index >= 15 is 0 Å². The first-order valence-electron chi connectivity index (χ1n) is 10.1. The molecular weight excluding hydrogens is 411 g/mol. The maximum atomic E-state index is 13.1. The van der Waals surface area contributed by atoms with Gasteiger partial charge in [0.1, 0.15) is 11.2 Å². The normalized spacial score (nSPS) is 16.9. The Morgan fingerprint density at radius 2 is 1.74 bits per heavy atom. The van der Waals surface area contributed by atoms with Crippen LogP contribution in [0.4, 0.5) is 4.39 Å². The summed E-state index contributed by atoms with van der Waals surface area (Å²) < 4.78 is 13.1. The molecule has 1 aliphatic heterocycles. The van der Waals surface area contributed by atoms with Crippen LogP contribution in [-0.4, -0.2) is 22.5 Å². The lowest BCUT2D eigenvalue weighted by molar-refractivity contribution is -0.128. The Labute approximate surface area is 185 Å². The van der Waals surface area contributed by atoms with E-state index in [1.165, 1.54) is 12.1 Å². The summed E-state index contributed by atoms with van der Waals surface area (Å²) in [6, 6.07) is 23.2. The number of halogens is 1. The molecule has 0 radical (unpaired) electrons. The van der Waals surface area contributed by atoms with Crippen molar-refractivity contribution in [1.82, 2.24) is 10.2 Å². The third-order valence-corrected chi connectivity index (χ3v) is 6.60. The SMILES string of the molecule is CC(NC(=O)c1ccc(C2SCC(=O)N2Cc2ccccc2)cc1)c1ccc(F)cc1. The zero-order valence-corrected chi connectivity index (χ0v) is 17.9. The van der Waals surface area contributed by atoms with Crippen LogP contribution in [0.3, 0.4) is 0 Å². The fourth-order valence-electron chi connectivity index (χ4n) is 3.60. The fraction of sp³-hybridized carbons (Fsp3) is 0.200. The van der Waals surface area contributed by atoms with Gasteiger partial charge in [-0.3, -0.25) is 9.59 Å². The first-order valence-corrected chi connectivity index (χ1v) is 11.2. The van der Waals surface area contributed by atoms with Crippen LogP contribution in [0.1, 0.15) is 45.4 Å². The average Bonchev–Trinajstić information content (AvgIpc) is 3.15. The maximum absolute atomic E-state index is 13.1. The van der Waals surface area contributed by atoms with Crippen LogP contribution in [0.2, 0.25) is 0 Å². The van der Waals surface area contributed by atoms with Crippen LogP contribution in [0.25, 0.3) is 0 Å². The molecular formula is C25H23FN2O2S. The summed E-state index contributed by atoms with van der Waals surface area (Å²) in [5.74, 6) is 0.0745. The molecule has 1 N–H and O–H groups in total. The molecule has 0 aromatic heterocycles. The molecule has 2 atom stereocenters. The minimum absolute atomic E-state index is 0.0667. The van der Waals surface area contributed by atoms with Crippen molar-refractivity contribution in [3.05, 3.63) is 107 Å². The molecule has 4 rings (SSSR count). The van der Waals surface area contributed by atoms with Crippen molar-refractivity contribution in [3.8, 4) is 0 Å². The van der Waals surface area contributed by atoms with Crippen LogP contribution < -0.4 is 5.32 Å². The van der Waals surface area contributed by atoms with Gasteiger partial charge in [0, 0.05) is 12.1 Å². The van der Waals surface area contributed by atoms with Crippen LogP contribution in [0.15, 0.2) is 78.9 Å². The van der Waals surface area contributed by atoms with Gasteiger partial charge in [-0.2, -0.15) is 0 Å². The lowest BCUT2D eigenvalue weighted by Gasteiger charge is -2.24. The maximum Gasteiger partial charge on any atom is 0.251 e. The molecule has 3 aromatic carbocycles. The Morgan fingerprint density at radius 3 is 2.42 bits per heavy atom. The molecule has 1 fully saturated rings. The standard InChI is InChI=1S/C25H23FN2O2S/c1-17(19-11-13-22(26)14-12-19)27-24(30)20-7-9-21(10-8-20)25-28(23(29)16-31-25)15-18-5-3-2-4-6-18/h2-14,17,25H,15-16H2,1H3,(H,27,30). The minimum Gasteiger partial charge on any atom is -0.346 e. The highest BCUT2D eigenvalue weighted by atomic mass is 32.2. The number of hydrogen-bond acceptors (Lipinski definition) is 3. The van der Waals surface area contributed by atoms with Crippen LogP contribution in [0.5, 0.6) is 0 Å². The molecule has 31 heavy (non-hydrogen) atoms. The number of nitrogens with one attached hydrogen (secondary N) is 1. The van der Waals surface area contributed by atoms with Crippen molar-refractivity contribution in [2.75, 3.05) is 5.75 Å². The van der Waals surface area contributed by atoms with Crippen molar-refractivity contribution in [2.24, 2.45) is 0 Å². The Hall–Kier alpha value is -3.12. The van der Waals surface area contributed by atoms with Gasteiger partial charge in [-0.15, -0.1) is 11.8 Å². The summed E-state index contributed by atoms with van der Waals surface area (Å²) >= 11 is 1.60. The topological polar surface area (TPSA) is 49.4 Å². The van der Waals surface area contributed by atoms with Gasteiger partial charge < -0.3 is 10.2 Å². The van der Waals surface area contributed by atoms with Crippen molar-refractivity contribution < 1.29 is 14.0 Å². The van der Waals surface area contributed by atoms with E-state index in [9.17, 15) is 14.0 Å². The van der Waals surface area contributed by atoms with Crippen molar-refractivity contribution in [1.29, 1.82) is 0 Å². The second-order valence-electron chi connectivity index (χ2n) is 7.54. The third kappa shape index (κ3) is 4.97. The predicted molar refractivity (Wildman–Crippen MR) is 121 cm³/mol. The van der Waals surface area contributed by atoms with E-state index in [1.54, 1.807) is 36.0 Å². The van der Waals surface area contributed by atoms with Crippen LogP contribution in [0, 0.1) is 5.82 Å². The number of rotatable bonds is 6. The second-order valence-corrected chi connectivity index (χ2v) is 8.61. The van der Waals surface area contributed by atoms with Gasteiger partial charge in [-0.1, -0.05) is 54.6 Å². The van der Waals surface area contributed by atoms with Gasteiger partial charge in [0.05, 0.1) is 11.8 Å². The van der Waals surface area contributed by atoms with Crippen molar-refractivity contribution >= 4 is 23.6 Å². The zero-order chi connectivity index (χ0) is 21.8. The summed E-state index contributed by atoms with van der Waals surface area (Å²) in [6.45, 7) is 2.43. The van der Waals surface area contributed by atoms with Gasteiger partial charge in [-0.05, 0) is 47.9 Å². The molecule has 0 aliphatic carbocycles. The molecule has 6 heteroatoms. The number of amides is 2. The summed E-state index contributed by atoms with van der Waals surface area (Å²) in [6.07, 6.45) is 0. The van der Waals surface area contributed by atoms with Gasteiger partial charge in [0.25, 0.3) is 5.91 Å². The predicted octanol–water partition coefficient (Wildman–Crippen LogP) is 5.09. The molecule has 4 nitrogen and oxygen atoms in total. The molecule has 1 heterocycles. The number of carbonyl (C=O) groups excluding carboxylic acids is 2. The van der Waals surface area contributed by atoms with E-state index in [-0.39, 0.29) is 29.0 Å². The summed E-state index contributed by atoms with van der Waals surface area (Å²) in [5, 5.41) is 2.87. The lowest BCUT2D eigenvalue weighted by Crippen LogP contribution is -2.28. The molecule has 3 aromatic rings. The molecule has 0 bridgehead atoms. The molecule has 0 spiro atoms. The van der Waals surface area contributed by atoms with E-state index in [2.05, 4.69) is 5.32 Å². The van der Waals surface area contributed by atoms with Crippen molar-refractivity contribution in [2.45, 2.75) is 24.9 Å². The highest BCUT2D eigenvalue weighted by molar-refractivity contribution is 8.00. The van der Waals surface area contributed by atoms with E-state index < -0.39 is 0 Å². The molecule has 2 unspecified atom stereocenters. The van der Waals surface area contributed by atoms with E-state index in [1.807, 2.05) is 54.3 Å². The summed E-state index contributed by atoms with van der Waals surface area (Å²) in [5.41, 5.74) is 3.47. The highest BCUT2D eigenvalue weighted by Crippen LogP contribution is 2.39.